The number of carbonyl (C=O) groups excluding carboxylic acids is 1. The third kappa shape index (κ3) is 4.07. The lowest BCUT2D eigenvalue weighted by atomic mass is 10.2. The van der Waals surface area contributed by atoms with Gasteiger partial charge >= 0.3 is 5.97 Å². The summed E-state index contributed by atoms with van der Waals surface area (Å²) in [6.07, 6.45) is 1.66. The van der Waals surface area contributed by atoms with Crippen LogP contribution in [0.25, 0.3) is 0 Å². The van der Waals surface area contributed by atoms with E-state index >= 15 is 0 Å². The number of hydrogen-bond donors (Lipinski definition) is 0. The lowest BCUT2D eigenvalue weighted by molar-refractivity contribution is -0.364. The van der Waals surface area contributed by atoms with E-state index in [9.17, 15) is 9.18 Å². The lowest BCUT2D eigenvalue weighted by Crippen LogP contribution is -2.48. The summed E-state index contributed by atoms with van der Waals surface area (Å²) in [7, 11) is 0. The van der Waals surface area contributed by atoms with Crippen LogP contribution < -0.4 is 14.8 Å². The van der Waals surface area contributed by atoms with E-state index in [-0.39, 0.29) is 17.9 Å². The van der Waals surface area contributed by atoms with E-state index in [0.29, 0.717) is 5.56 Å². The first kappa shape index (κ1) is 17.2. The van der Waals surface area contributed by atoms with E-state index < -0.39 is 0 Å². The molecule has 1 aromatic carbocycles. The number of aromatic nitrogens is 1. The van der Waals surface area contributed by atoms with E-state index in [0.717, 1.165) is 37.7 Å². The first-order valence-electron chi connectivity index (χ1n) is 8.52. The summed E-state index contributed by atoms with van der Waals surface area (Å²) in [5.41, 5.74) is 1.56. The molecule has 6 heteroatoms. The minimum absolute atomic E-state index is 0.157. The summed E-state index contributed by atoms with van der Waals surface area (Å²) in [4.78, 5) is 19.9. The third-order valence-corrected chi connectivity index (χ3v) is 4.18. The van der Waals surface area contributed by atoms with Crippen molar-refractivity contribution in [1.82, 2.24) is 0 Å². The highest BCUT2D eigenvalue weighted by Crippen LogP contribution is 2.21. The van der Waals surface area contributed by atoms with Crippen molar-refractivity contribution >= 4 is 17.5 Å². The summed E-state index contributed by atoms with van der Waals surface area (Å²) in [6.45, 7) is 6.80. The normalized spacial score (nSPS) is 14.7. The Hall–Kier alpha value is -2.63. The molecule has 0 unspecified atom stereocenters. The molecular formula is C19H23FN3O2+. The average molecular weight is 344 g/mol. The fourth-order valence-corrected chi connectivity index (χ4v) is 2.97. The number of H-pyrrole nitrogens is 1. The van der Waals surface area contributed by atoms with Crippen LogP contribution in [0.4, 0.5) is 15.9 Å². The number of pyridine rings is 1. The van der Waals surface area contributed by atoms with Crippen molar-refractivity contribution in [3.8, 4) is 0 Å². The van der Waals surface area contributed by atoms with E-state index in [1.54, 1.807) is 24.3 Å². The summed E-state index contributed by atoms with van der Waals surface area (Å²) in [6, 6.07) is 10.1. The van der Waals surface area contributed by atoms with Gasteiger partial charge in [0, 0.05) is 5.69 Å². The number of hydrogen-bond acceptors (Lipinski definition) is 4. The smallest absolute Gasteiger partial charge is 0.346 e. The Balaban J connectivity index is 1.71. The lowest BCUT2D eigenvalue weighted by Gasteiger charge is -2.32. The molecule has 0 saturated carbocycles. The standard InChI is InChI=1S/C19H22FN3O2/c1-14(2)25-19(24)17-4-3-9-21-18(17)23-12-10-22(11-13-23)16-7-5-15(20)6-8-16/h3-9,14H,10-13H2,1-2H3/p+1. The highest BCUT2D eigenvalue weighted by atomic mass is 19.1. The maximum Gasteiger partial charge on any atom is 0.346 e. The number of ether oxygens (including phenoxy) is 1. The molecule has 0 aliphatic carbocycles. The van der Waals surface area contributed by atoms with Gasteiger partial charge in [0.05, 0.1) is 25.4 Å². The summed E-state index contributed by atoms with van der Waals surface area (Å²) >= 11 is 0. The molecule has 1 aliphatic rings. The molecule has 1 saturated heterocycles. The van der Waals surface area contributed by atoms with Gasteiger partial charge in [0.2, 0.25) is 0 Å². The zero-order valence-electron chi connectivity index (χ0n) is 14.5. The molecule has 0 atom stereocenters. The predicted molar refractivity (Wildman–Crippen MR) is 94.4 cm³/mol. The molecule has 132 valence electrons. The van der Waals surface area contributed by atoms with Crippen LogP contribution in [0.3, 0.4) is 0 Å². The fraction of sp³-hybridized carbons (Fsp3) is 0.368. The third-order valence-electron chi connectivity index (χ3n) is 4.18. The second-order valence-electron chi connectivity index (χ2n) is 6.34. The largest absolute Gasteiger partial charge is 0.459 e. The predicted octanol–water partition coefficient (Wildman–Crippen LogP) is 2.53. The molecule has 0 bridgehead atoms. The average Bonchev–Trinajstić information content (AvgIpc) is 2.62. The quantitative estimate of drug-likeness (QED) is 0.800. The van der Waals surface area contributed by atoms with E-state index in [1.807, 2.05) is 20.0 Å². The van der Waals surface area contributed by atoms with Crippen molar-refractivity contribution in [2.45, 2.75) is 20.0 Å². The molecule has 1 fully saturated rings. The van der Waals surface area contributed by atoms with Crippen LogP contribution in [0.15, 0.2) is 42.6 Å². The highest BCUT2D eigenvalue weighted by molar-refractivity contribution is 5.94. The molecular weight excluding hydrogens is 321 g/mol. The number of nitrogens with zero attached hydrogens (tertiary/aromatic N) is 2. The molecule has 2 heterocycles. The van der Waals surface area contributed by atoms with Crippen molar-refractivity contribution in [2.24, 2.45) is 0 Å². The van der Waals surface area contributed by atoms with Crippen LogP contribution in [0.2, 0.25) is 0 Å². The zero-order valence-corrected chi connectivity index (χ0v) is 14.5. The van der Waals surface area contributed by atoms with Crippen LogP contribution in [-0.4, -0.2) is 38.3 Å². The first-order valence-corrected chi connectivity index (χ1v) is 8.52. The van der Waals surface area contributed by atoms with Crippen molar-refractivity contribution in [2.75, 3.05) is 36.0 Å². The van der Waals surface area contributed by atoms with E-state index in [2.05, 4.69) is 14.8 Å². The van der Waals surface area contributed by atoms with Crippen molar-refractivity contribution in [3.63, 3.8) is 0 Å². The molecule has 0 spiro atoms. The monoisotopic (exact) mass is 344 g/mol. The molecule has 25 heavy (non-hydrogen) atoms. The Bertz CT molecular complexity index is 726. The number of aromatic amines is 1. The van der Waals surface area contributed by atoms with Gasteiger partial charge in [-0.15, -0.1) is 0 Å². The van der Waals surface area contributed by atoms with Crippen molar-refractivity contribution in [1.29, 1.82) is 0 Å². The van der Waals surface area contributed by atoms with Gasteiger partial charge in [-0.25, -0.2) is 14.2 Å². The van der Waals surface area contributed by atoms with Gasteiger partial charge in [0.15, 0.2) is 0 Å². The number of carbonyl (C=O) groups is 1. The van der Waals surface area contributed by atoms with E-state index in [4.69, 9.17) is 4.74 Å². The molecule has 2 aromatic rings. The molecule has 1 aromatic heterocycles. The molecule has 1 N–H and O–H groups in total. The Kier molecular flexibility index (Phi) is 5.16. The fourth-order valence-electron chi connectivity index (χ4n) is 2.97. The summed E-state index contributed by atoms with van der Waals surface area (Å²) in [5.74, 6) is 0.240. The van der Waals surface area contributed by atoms with Gasteiger partial charge in [0.1, 0.15) is 24.5 Å². The second-order valence-corrected chi connectivity index (χ2v) is 6.34. The molecule has 0 amide bonds. The summed E-state index contributed by atoms with van der Waals surface area (Å²) in [5, 5.41) is 0. The number of halogens is 1. The number of benzene rings is 1. The van der Waals surface area contributed by atoms with Gasteiger partial charge in [-0.2, -0.15) is 0 Å². The topological polar surface area (TPSA) is 46.9 Å². The molecule has 3 rings (SSSR count). The SMILES string of the molecule is CC(C)OC(=O)c1ccc[nH+]c1N1CCN(c2ccc(F)cc2)CC1. The maximum atomic E-state index is 13.1. The Morgan fingerprint density at radius 1 is 1.08 bits per heavy atom. The maximum absolute atomic E-state index is 13.1. The van der Waals surface area contributed by atoms with Crippen LogP contribution in [-0.2, 0) is 4.74 Å². The first-order chi connectivity index (χ1) is 12.0. The Morgan fingerprint density at radius 3 is 2.36 bits per heavy atom. The Morgan fingerprint density at radius 2 is 1.72 bits per heavy atom. The summed E-state index contributed by atoms with van der Waals surface area (Å²) < 4.78 is 18.4. The van der Waals surface area contributed by atoms with Gasteiger partial charge in [-0.1, -0.05) is 0 Å². The van der Waals surface area contributed by atoms with Crippen LogP contribution in [0.5, 0.6) is 0 Å². The Labute approximate surface area is 147 Å². The highest BCUT2D eigenvalue weighted by Gasteiger charge is 2.29. The molecule has 5 nitrogen and oxygen atoms in total. The number of anilines is 2. The van der Waals surface area contributed by atoms with E-state index in [1.165, 1.54) is 12.1 Å². The zero-order chi connectivity index (χ0) is 17.8. The molecule has 0 radical (unpaired) electrons. The van der Waals surface area contributed by atoms with Crippen LogP contribution in [0.1, 0.15) is 24.2 Å². The number of rotatable bonds is 4. The molecule has 1 aliphatic heterocycles. The van der Waals surface area contributed by atoms with Gasteiger partial charge in [0.25, 0.3) is 5.82 Å². The van der Waals surface area contributed by atoms with Crippen molar-refractivity contribution < 1.29 is 18.9 Å². The van der Waals surface area contributed by atoms with Crippen molar-refractivity contribution in [3.05, 3.63) is 54.0 Å². The number of esters is 1. The second kappa shape index (κ2) is 7.51. The van der Waals surface area contributed by atoms with Crippen LogP contribution >= 0.6 is 0 Å². The minimum atomic E-state index is -0.317. The van der Waals surface area contributed by atoms with Gasteiger partial charge < -0.3 is 9.64 Å². The van der Waals surface area contributed by atoms with Crippen LogP contribution in [0, 0.1) is 5.82 Å². The van der Waals surface area contributed by atoms with Gasteiger partial charge in [-0.05, 0) is 50.2 Å². The minimum Gasteiger partial charge on any atom is -0.459 e. The number of piperazine rings is 1. The van der Waals surface area contributed by atoms with Gasteiger partial charge in [-0.3, -0.25) is 4.90 Å². The number of nitrogens with one attached hydrogen (secondary N) is 1.